The Labute approximate surface area is 131 Å². The third kappa shape index (κ3) is 2.51. The van der Waals surface area contributed by atoms with Crippen molar-refractivity contribution >= 4 is 11.6 Å². The van der Waals surface area contributed by atoms with Crippen LogP contribution in [0.3, 0.4) is 0 Å². The van der Waals surface area contributed by atoms with E-state index in [0.29, 0.717) is 6.04 Å². The van der Waals surface area contributed by atoms with Gasteiger partial charge in [-0.2, -0.15) is 0 Å². The van der Waals surface area contributed by atoms with Gasteiger partial charge in [0.15, 0.2) is 0 Å². The highest BCUT2D eigenvalue weighted by molar-refractivity contribution is 6.30. The minimum atomic E-state index is -0.331. The molecule has 1 atom stereocenters. The van der Waals surface area contributed by atoms with Crippen LogP contribution in [0.25, 0.3) is 0 Å². The van der Waals surface area contributed by atoms with Crippen molar-refractivity contribution in [2.24, 2.45) is 23.7 Å². The molecule has 21 heavy (non-hydrogen) atoms. The molecule has 1 N–H and O–H groups in total. The fraction of sp³-hybridized carbons (Fsp3) is 0.667. The minimum Gasteiger partial charge on any atom is -0.307 e. The lowest BCUT2D eigenvalue weighted by Crippen LogP contribution is -2.54. The summed E-state index contributed by atoms with van der Waals surface area (Å²) in [6.07, 6.45) is 7.16. The van der Waals surface area contributed by atoms with Gasteiger partial charge in [0.25, 0.3) is 0 Å². The standard InChI is InChI=1S/C18H23ClFN/c1-10(13-2-3-17(20)16(19)9-13)21-18-14-5-11-4-12(7-14)8-15(18)6-11/h2-3,9-12,14-15,18,21H,4-8H2,1H3. The van der Waals surface area contributed by atoms with E-state index in [2.05, 4.69) is 12.2 Å². The van der Waals surface area contributed by atoms with Gasteiger partial charge < -0.3 is 5.32 Å². The molecule has 0 amide bonds. The molecule has 4 fully saturated rings. The van der Waals surface area contributed by atoms with Gasteiger partial charge in [0.1, 0.15) is 5.82 Å². The second kappa shape index (κ2) is 5.24. The van der Waals surface area contributed by atoms with Crippen molar-refractivity contribution in [2.75, 3.05) is 0 Å². The lowest BCUT2D eigenvalue weighted by molar-refractivity contribution is -0.0171. The average molecular weight is 308 g/mol. The molecule has 0 spiro atoms. The van der Waals surface area contributed by atoms with E-state index in [0.717, 1.165) is 29.2 Å². The molecule has 1 nitrogen and oxygen atoms in total. The van der Waals surface area contributed by atoms with Crippen LogP contribution in [0.1, 0.15) is 50.6 Å². The number of nitrogens with one attached hydrogen (secondary N) is 1. The first-order chi connectivity index (χ1) is 10.1. The van der Waals surface area contributed by atoms with Crippen LogP contribution >= 0.6 is 11.6 Å². The van der Waals surface area contributed by atoms with Crippen LogP contribution in [-0.2, 0) is 0 Å². The number of hydrogen-bond acceptors (Lipinski definition) is 1. The van der Waals surface area contributed by atoms with Crippen LogP contribution in [0.4, 0.5) is 4.39 Å². The summed E-state index contributed by atoms with van der Waals surface area (Å²) in [5.41, 5.74) is 1.09. The highest BCUT2D eigenvalue weighted by Crippen LogP contribution is 2.54. The van der Waals surface area contributed by atoms with E-state index >= 15 is 0 Å². The van der Waals surface area contributed by atoms with Crippen molar-refractivity contribution in [3.05, 3.63) is 34.6 Å². The third-order valence-corrected chi connectivity index (χ3v) is 6.40. The average Bonchev–Trinajstić information content (AvgIpc) is 2.45. The minimum absolute atomic E-state index is 0.228. The van der Waals surface area contributed by atoms with E-state index in [-0.39, 0.29) is 16.9 Å². The first kappa shape index (κ1) is 14.0. The molecule has 4 saturated carbocycles. The van der Waals surface area contributed by atoms with Crippen LogP contribution < -0.4 is 5.32 Å². The fourth-order valence-electron chi connectivity index (χ4n) is 5.36. The lowest BCUT2D eigenvalue weighted by Gasteiger charge is -2.55. The zero-order valence-corrected chi connectivity index (χ0v) is 13.2. The largest absolute Gasteiger partial charge is 0.307 e. The molecule has 4 bridgehead atoms. The molecule has 0 heterocycles. The van der Waals surface area contributed by atoms with Gasteiger partial charge in [-0.3, -0.25) is 0 Å². The second-order valence-corrected chi connectivity index (χ2v) is 7.93. The quantitative estimate of drug-likeness (QED) is 0.832. The van der Waals surface area contributed by atoms with Gasteiger partial charge in [0, 0.05) is 12.1 Å². The molecule has 1 aromatic rings. The third-order valence-electron chi connectivity index (χ3n) is 6.11. The Bertz CT molecular complexity index is 516. The number of hydrogen-bond donors (Lipinski definition) is 1. The monoisotopic (exact) mass is 307 g/mol. The SMILES string of the molecule is CC(NC1C2CC3CC(C2)CC1C3)c1ccc(F)c(Cl)c1. The molecular weight excluding hydrogens is 285 g/mol. The molecule has 4 aliphatic rings. The number of halogens is 2. The molecule has 0 radical (unpaired) electrons. The summed E-state index contributed by atoms with van der Waals surface area (Å²) in [4.78, 5) is 0. The van der Waals surface area contributed by atoms with Gasteiger partial charge in [-0.15, -0.1) is 0 Å². The van der Waals surface area contributed by atoms with Crippen LogP contribution in [0, 0.1) is 29.5 Å². The molecule has 4 aliphatic carbocycles. The van der Waals surface area contributed by atoms with Crippen LogP contribution in [0.15, 0.2) is 18.2 Å². The molecule has 1 aromatic carbocycles. The van der Waals surface area contributed by atoms with Crippen molar-refractivity contribution in [3.8, 4) is 0 Å². The Morgan fingerprint density at radius 1 is 1.10 bits per heavy atom. The van der Waals surface area contributed by atoms with Crippen molar-refractivity contribution in [1.82, 2.24) is 5.32 Å². The molecule has 0 saturated heterocycles. The van der Waals surface area contributed by atoms with Gasteiger partial charge >= 0.3 is 0 Å². The lowest BCUT2D eigenvalue weighted by atomic mass is 9.54. The van der Waals surface area contributed by atoms with Gasteiger partial charge in [-0.05, 0) is 80.4 Å². The Hall–Kier alpha value is -0.600. The Morgan fingerprint density at radius 3 is 2.29 bits per heavy atom. The topological polar surface area (TPSA) is 12.0 Å². The predicted octanol–water partition coefficient (Wildman–Crippen LogP) is 4.95. The summed E-state index contributed by atoms with van der Waals surface area (Å²) in [6.45, 7) is 2.18. The normalized spacial score (nSPS) is 38.7. The zero-order valence-electron chi connectivity index (χ0n) is 12.5. The Balaban J connectivity index is 1.49. The van der Waals surface area contributed by atoms with Gasteiger partial charge in [-0.25, -0.2) is 4.39 Å². The Morgan fingerprint density at radius 2 is 1.71 bits per heavy atom. The highest BCUT2D eigenvalue weighted by Gasteiger charge is 2.48. The van der Waals surface area contributed by atoms with Crippen LogP contribution in [0.2, 0.25) is 5.02 Å². The zero-order chi connectivity index (χ0) is 14.6. The van der Waals surface area contributed by atoms with Crippen LogP contribution in [0.5, 0.6) is 0 Å². The smallest absolute Gasteiger partial charge is 0.141 e. The van der Waals surface area contributed by atoms with Crippen molar-refractivity contribution < 1.29 is 4.39 Å². The van der Waals surface area contributed by atoms with Crippen molar-refractivity contribution in [3.63, 3.8) is 0 Å². The van der Waals surface area contributed by atoms with E-state index in [1.54, 1.807) is 6.07 Å². The van der Waals surface area contributed by atoms with Gasteiger partial charge in [-0.1, -0.05) is 17.7 Å². The van der Waals surface area contributed by atoms with Gasteiger partial charge in [0.2, 0.25) is 0 Å². The maximum Gasteiger partial charge on any atom is 0.141 e. The number of rotatable bonds is 3. The summed E-state index contributed by atoms with van der Waals surface area (Å²) in [5, 5.41) is 4.07. The molecule has 5 rings (SSSR count). The van der Waals surface area contributed by atoms with E-state index in [1.165, 1.54) is 38.2 Å². The van der Waals surface area contributed by atoms with E-state index in [1.807, 2.05) is 6.07 Å². The molecular formula is C18H23ClFN. The van der Waals surface area contributed by atoms with E-state index < -0.39 is 0 Å². The molecule has 0 aliphatic heterocycles. The number of benzene rings is 1. The van der Waals surface area contributed by atoms with E-state index in [4.69, 9.17) is 11.6 Å². The maximum absolute atomic E-state index is 13.3. The van der Waals surface area contributed by atoms with Crippen LogP contribution in [-0.4, -0.2) is 6.04 Å². The maximum atomic E-state index is 13.3. The summed E-state index contributed by atoms with van der Waals surface area (Å²) >= 11 is 5.92. The van der Waals surface area contributed by atoms with E-state index in [9.17, 15) is 4.39 Å². The summed E-state index contributed by atoms with van der Waals surface area (Å²) in [5.74, 6) is 3.39. The Kier molecular flexibility index (Phi) is 3.50. The van der Waals surface area contributed by atoms with Crippen molar-refractivity contribution in [1.29, 1.82) is 0 Å². The second-order valence-electron chi connectivity index (χ2n) is 7.52. The van der Waals surface area contributed by atoms with Crippen molar-refractivity contribution in [2.45, 2.75) is 51.1 Å². The highest BCUT2D eigenvalue weighted by atomic mass is 35.5. The molecule has 0 aromatic heterocycles. The van der Waals surface area contributed by atoms with Gasteiger partial charge in [0.05, 0.1) is 5.02 Å². The summed E-state index contributed by atoms with van der Waals surface area (Å²) < 4.78 is 13.3. The molecule has 3 heteroatoms. The molecule has 1 unspecified atom stereocenters. The summed E-state index contributed by atoms with van der Waals surface area (Å²) in [7, 11) is 0. The first-order valence-electron chi connectivity index (χ1n) is 8.31. The first-order valence-corrected chi connectivity index (χ1v) is 8.69. The molecule has 114 valence electrons. The predicted molar refractivity (Wildman–Crippen MR) is 83.8 cm³/mol. The fourth-order valence-corrected chi connectivity index (χ4v) is 5.55. The summed E-state index contributed by atoms with van der Waals surface area (Å²) in [6, 6.07) is 5.99.